The number of benzene rings is 1. The number of nitrogens with zero attached hydrogens (tertiary/aromatic N) is 4. The molecule has 16 heavy (non-hydrogen) atoms. The Morgan fingerprint density at radius 3 is 2.75 bits per heavy atom. The van der Waals surface area contributed by atoms with Crippen molar-refractivity contribution < 1.29 is 9.47 Å². The number of aromatic nitrogens is 4. The molecule has 1 aliphatic rings. The first-order chi connectivity index (χ1) is 7.84. The summed E-state index contributed by atoms with van der Waals surface area (Å²) < 4.78 is 12.4. The highest BCUT2D eigenvalue weighted by molar-refractivity contribution is 7.80. The van der Waals surface area contributed by atoms with Crippen molar-refractivity contribution in [3.05, 3.63) is 18.2 Å². The molecule has 82 valence electrons. The van der Waals surface area contributed by atoms with Gasteiger partial charge in [-0.05, 0) is 22.6 Å². The zero-order valence-corrected chi connectivity index (χ0v) is 9.09. The molecule has 0 saturated carbocycles. The minimum Gasteiger partial charge on any atom is -0.486 e. The van der Waals surface area contributed by atoms with Crippen LogP contribution in [0.15, 0.2) is 23.4 Å². The summed E-state index contributed by atoms with van der Waals surface area (Å²) in [5, 5.41) is 11.5. The molecule has 1 aliphatic heterocycles. The number of ether oxygens (including phenoxy) is 2. The van der Waals surface area contributed by atoms with E-state index < -0.39 is 0 Å². The normalized spacial score (nSPS) is 13.8. The average molecular weight is 236 g/mol. The van der Waals surface area contributed by atoms with Crippen LogP contribution in [0, 0.1) is 0 Å². The van der Waals surface area contributed by atoms with Crippen molar-refractivity contribution >= 4 is 12.6 Å². The van der Waals surface area contributed by atoms with Crippen molar-refractivity contribution in [2.24, 2.45) is 0 Å². The van der Waals surface area contributed by atoms with E-state index in [1.165, 1.54) is 4.68 Å². The molecule has 2 aromatic rings. The van der Waals surface area contributed by atoms with Gasteiger partial charge in [0.1, 0.15) is 13.2 Å². The van der Waals surface area contributed by atoms with Crippen molar-refractivity contribution in [3.63, 3.8) is 0 Å². The Morgan fingerprint density at radius 2 is 2.00 bits per heavy atom. The number of thiol groups is 1. The first-order valence-electron chi connectivity index (χ1n) is 4.72. The van der Waals surface area contributed by atoms with Gasteiger partial charge < -0.3 is 9.47 Å². The van der Waals surface area contributed by atoms with E-state index in [1.807, 2.05) is 18.2 Å². The van der Waals surface area contributed by atoms with Gasteiger partial charge in [-0.2, -0.15) is 4.68 Å². The van der Waals surface area contributed by atoms with Gasteiger partial charge in [-0.25, -0.2) is 0 Å². The van der Waals surface area contributed by atoms with Crippen LogP contribution in [0.4, 0.5) is 0 Å². The van der Waals surface area contributed by atoms with E-state index in [-0.39, 0.29) is 0 Å². The summed E-state index contributed by atoms with van der Waals surface area (Å²) >= 11 is 4.14. The van der Waals surface area contributed by atoms with Crippen LogP contribution in [-0.4, -0.2) is 33.4 Å². The average Bonchev–Trinajstić information content (AvgIpc) is 2.75. The number of hydrogen-bond acceptors (Lipinski definition) is 6. The summed E-state index contributed by atoms with van der Waals surface area (Å²) in [6.07, 6.45) is 0. The zero-order valence-electron chi connectivity index (χ0n) is 8.20. The lowest BCUT2D eigenvalue weighted by Gasteiger charge is -2.18. The fourth-order valence-electron chi connectivity index (χ4n) is 1.51. The van der Waals surface area contributed by atoms with Crippen LogP contribution in [0.2, 0.25) is 0 Å². The van der Waals surface area contributed by atoms with Gasteiger partial charge in [0, 0.05) is 6.07 Å². The SMILES string of the molecule is Sc1nnnn1-c1ccc2c(c1)OCCO2. The summed E-state index contributed by atoms with van der Waals surface area (Å²) in [5.41, 5.74) is 0.791. The molecule has 0 spiro atoms. The Bertz CT molecular complexity index is 528. The van der Waals surface area contributed by atoms with Crippen molar-refractivity contribution in [2.45, 2.75) is 5.16 Å². The van der Waals surface area contributed by atoms with E-state index in [9.17, 15) is 0 Å². The van der Waals surface area contributed by atoms with Crippen molar-refractivity contribution in [2.75, 3.05) is 13.2 Å². The zero-order chi connectivity index (χ0) is 11.0. The standard InChI is InChI=1S/C9H8N4O2S/c16-9-10-11-12-13(9)6-1-2-7-8(5-6)15-4-3-14-7/h1-2,5H,3-4H2,(H,10,12,16). The largest absolute Gasteiger partial charge is 0.486 e. The van der Waals surface area contributed by atoms with Crippen molar-refractivity contribution in [1.29, 1.82) is 0 Å². The molecule has 0 saturated heterocycles. The number of tetrazole rings is 1. The van der Waals surface area contributed by atoms with E-state index in [2.05, 4.69) is 28.2 Å². The first-order valence-corrected chi connectivity index (χ1v) is 5.17. The molecular weight excluding hydrogens is 228 g/mol. The lowest BCUT2D eigenvalue weighted by atomic mass is 10.2. The Kier molecular flexibility index (Phi) is 2.17. The summed E-state index contributed by atoms with van der Waals surface area (Å²) in [6, 6.07) is 5.51. The second-order valence-electron chi connectivity index (χ2n) is 3.22. The van der Waals surface area contributed by atoms with Gasteiger partial charge in [0.15, 0.2) is 11.5 Å². The molecule has 7 heteroatoms. The maximum atomic E-state index is 5.47. The monoisotopic (exact) mass is 236 g/mol. The molecule has 0 amide bonds. The molecule has 0 radical (unpaired) electrons. The molecule has 0 fully saturated rings. The third kappa shape index (κ3) is 1.49. The second kappa shape index (κ2) is 3.67. The maximum absolute atomic E-state index is 5.47. The van der Waals surface area contributed by atoms with Gasteiger partial charge in [-0.3, -0.25) is 0 Å². The van der Waals surface area contributed by atoms with Gasteiger partial charge in [0.05, 0.1) is 5.69 Å². The van der Waals surface area contributed by atoms with Crippen LogP contribution in [-0.2, 0) is 0 Å². The van der Waals surface area contributed by atoms with Crippen LogP contribution in [0.25, 0.3) is 5.69 Å². The van der Waals surface area contributed by atoms with Gasteiger partial charge in [0.2, 0.25) is 5.16 Å². The molecule has 0 bridgehead atoms. The minimum atomic E-state index is 0.427. The minimum absolute atomic E-state index is 0.427. The van der Waals surface area contributed by atoms with E-state index in [4.69, 9.17) is 9.47 Å². The fourth-order valence-corrected chi connectivity index (χ4v) is 1.71. The Balaban J connectivity index is 2.06. The highest BCUT2D eigenvalue weighted by Crippen LogP contribution is 2.32. The summed E-state index contributed by atoms with van der Waals surface area (Å²) in [6.45, 7) is 1.13. The Labute approximate surface area is 96.6 Å². The third-order valence-electron chi connectivity index (χ3n) is 2.22. The number of fused-ring (bicyclic) bond motifs is 1. The molecule has 6 nitrogen and oxygen atoms in total. The molecule has 0 atom stereocenters. The van der Waals surface area contributed by atoms with Crippen LogP contribution in [0.3, 0.4) is 0 Å². The van der Waals surface area contributed by atoms with Crippen molar-refractivity contribution in [1.82, 2.24) is 20.2 Å². The topological polar surface area (TPSA) is 62.1 Å². The maximum Gasteiger partial charge on any atom is 0.211 e. The second-order valence-corrected chi connectivity index (χ2v) is 3.62. The van der Waals surface area contributed by atoms with Crippen LogP contribution < -0.4 is 9.47 Å². The molecule has 0 aliphatic carbocycles. The molecular formula is C9H8N4O2S. The molecule has 1 aromatic heterocycles. The van der Waals surface area contributed by atoms with Crippen molar-refractivity contribution in [3.8, 4) is 17.2 Å². The molecule has 0 N–H and O–H groups in total. The number of rotatable bonds is 1. The van der Waals surface area contributed by atoms with Gasteiger partial charge in [0.25, 0.3) is 0 Å². The summed E-state index contributed by atoms with van der Waals surface area (Å²) in [7, 11) is 0. The molecule has 3 rings (SSSR count). The molecule has 1 aromatic carbocycles. The van der Waals surface area contributed by atoms with Crippen LogP contribution in [0.1, 0.15) is 0 Å². The van der Waals surface area contributed by atoms with Gasteiger partial charge >= 0.3 is 0 Å². The van der Waals surface area contributed by atoms with E-state index in [0.717, 1.165) is 11.4 Å². The summed E-state index contributed by atoms with van der Waals surface area (Å²) in [4.78, 5) is 0. The first kappa shape index (κ1) is 9.46. The van der Waals surface area contributed by atoms with Gasteiger partial charge in [-0.15, -0.1) is 17.7 Å². The van der Waals surface area contributed by atoms with E-state index in [1.54, 1.807) is 0 Å². The predicted octanol–water partition coefficient (Wildman–Crippen LogP) is 0.722. The lowest BCUT2D eigenvalue weighted by Crippen LogP contribution is -2.15. The van der Waals surface area contributed by atoms with Gasteiger partial charge in [-0.1, -0.05) is 0 Å². The van der Waals surface area contributed by atoms with E-state index >= 15 is 0 Å². The highest BCUT2D eigenvalue weighted by Gasteiger charge is 2.13. The summed E-state index contributed by atoms with van der Waals surface area (Å²) in [5.74, 6) is 1.44. The quantitative estimate of drug-likeness (QED) is 0.739. The smallest absolute Gasteiger partial charge is 0.211 e. The fraction of sp³-hybridized carbons (Fsp3) is 0.222. The van der Waals surface area contributed by atoms with Crippen LogP contribution in [0.5, 0.6) is 11.5 Å². The van der Waals surface area contributed by atoms with Crippen LogP contribution >= 0.6 is 12.6 Å². The Morgan fingerprint density at radius 1 is 1.19 bits per heavy atom. The van der Waals surface area contributed by atoms with E-state index in [0.29, 0.717) is 24.1 Å². The lowest BCUT2D eigenvalue weighted by molar-refractivity contribution is 0.171. The predicted molar refractivity (Wildman–Crippen MR) is 57.4 cm³/mol. The molecule has 0 unspecified atom stereocenters. The Hall–Kier alpha value is -1.76. The number of hydrogen-bond donors (Lipinski definition) is 1. The third-order valence-corrected chi connectivity index (χ3v) is 2.50. The highest BCUT2D eigenvalue weighted by atomic mass is 32.1. The molecule has 2 heterocycles.